The second kappa shape index (κ2) is 8.60. The highest BCUT2D eigenvalue weighted by atomic mass is 35.5. The fourth-order valence-electron chi connectivity index (χ4n) is 3.05. The lowest BCUT2D eigenvalue weighted by Gasteiger charge is -2.17. The lowest BCUT2D eigenvalue weighted by Crippen LogP contribution is -2.37. The molecule has 6 heteroatoms. The van der Waals surface area contributed by atoms with E-state index in [1.807, 2.05) is 6.26 Å². The Bertz CT molecular complexity index is 777. The van der Waals surface area contributed by atoms with Gasteiger partial charge < -0.3 is 10.2 Å². The summed E-state index contributed by atoms with van der Waals surface area (Å²) >= 11 is 7.59. The largest absolute Gasteiger partial charge is 0.355 e. The van der Waals surface area contributed by atoms with Gasteiger partial charge in [0.25, 0.3) is 0 Å². The van der Waals surface area contributed by atoms with Crippen LogP contribution in [0.4, 0.5) is 5.69 Å². The van der Waals surface area contributed by atoms with Gasteiger partial charge >= 0.3 is 0 Å². The van der Waals surface area contributed by atoms with Gasteiger partial charge in [0, 0.05) is 28.7 Å². The smallest absolute Gasteiger partial charge is 0.239 e. The average molecular weight is 389 g/mol. The number of anilines is 1. The van der Waals surface area contributed by atoms with Gasteiger partial charge in [-0.25, -0.2) is 0 Å². The maximum absolute atomic E-state index is 12.6. The molecular formula is C20H21ClN2O2S. The van der Waals surface area contributed by atoms with Gasteiger partial charge in [0.2, 0.25) is 11.8 Å². The van der Waals surface area contributed by atoms with Crippen molar-refractivity contribution in [1.29, 1.82) is 0 Å². The molecule has 0 unspecified atom stereocenters. The first kappa shape index (κ1) is 18.8. The van der Waals surface area contributed by atoms with E-state index in [-0.39, 0.29) is 11.8 Å². The highest BCUT2D eigenvalue weighted by Gasteiger charge is 2.37. The third kappa shape index (κ3) is 4.40. The van der Waals surface area contributed by atoms with E-state index in [9.17, 15) is 9.59 Å². The predicted octanol–water partition coefficient (Wildman–Crippen LogP) is 3.77. The first-order valence-corrected chi connectivity index (χ1v) is 10.2. The number of nitrogens with zero attached hydrogens (tertiary/aromatic N) is 1. The summed E-state index contributed by atoms with van der Waals surface area (Å²) in [6, 6.07) is 15.4. The van der Waals surface area contributed by atoms with Gasteiger partial charge in [-0.1, -0.05) is 23.7 Å². The predicted molar refractivity (Wildman–Crippen MR) is 107 cm³/mol. The van der Waals surface area contributed by atoms with Crippen molar-refractivity contribution in [3.8, 4) is 0 Å². The first-order valence-electron chi connectivity index (χ1n) is 8.56. The molecule has 0 aromatic heterocycles. The zero-order chi connectivity index (χ0) is 18.5. The molecule has 1 heterocycles. The molecule has 0 saturated carbocycles. The maximum atomic E-state index is 12.6. The van der Waals surface area contributed by atoms with Gasteiger partial charge in [-0.2, -0.15) is 0 Å². The number of carbonyl (C=O) groups excluding carboxylic acids is 2. The third-order valence-corrected chi connectivity index (χ3v) is 5.53. The molecule has 1 N–H and O–H groups in total. The molecule has 0 spiro atoms. The van der Waals surface area contributed by atoms with Crippen LogP contribution in [0.2, 0.25) is 5.02 Å². The molecule has 136 valence electrons. The van der Waals surface area contributed by atoms with Crippen LogP contribution >= 0.6 is 23.4 Å². The number of rotatable bonds is 6. The Labute approximate surface area is 162 Å². The lowest BCUT2D eigenvalue weighted by atomic mass is 10.1. The summed E-state index contributed by atoms with van der Waals surface area (Å²) in [6.45, 7) is 1.08. The van der Waals surface area contributed by atoms with Crippen molar-refractivity contribution in [3.63, 3.8) is 0 Å². The Hall–Kier alpha value is -1.98. The number of halogens is 1. The number of amides is 2. The van der Waals surface area contributed by atoms with Crippen molar-refractivity contribution in [2.75, 3.05) is 24.2 Å². The van der Waals surface area contributed by atoms with Crippen LogP contribution in [0.1, 0.15) is 12.0 Å². The van der Waals surface area contributed by atoms with Gasteiger partial charge in [0.1, 0.15) is 5.92 Å². The van der Waals surface area contributed by atoms with E-state index in [0.29, 0.717) is 24.5 Å². The van der Waals surface area contributed by atoms with Crippen molar-refractivity contribution < 1.29 is 9.59 Å². The number of carbonyl (C=O) groups is 2. The van der Waals surface area contributed by atoms with E-state index in [0.717, 1.165) is 12.1 Å². The molecule has 0 bridgehead atoms. The van der Waals surface area contributed by atoms with Crippen molar-refractivity contribution in [2.24, 2.45) is 5.92 Å². The molecule has 2 aromatic carbocycles. The highest BCUT2D eigenvalue weighted by molar-refractivity contribution is 7.98. The van der Waals surface area contributed by atoms with Crippen LogP contribution < -0.4 is 10.2 Å². The second-order valence-electron chi connectivity index (χ2n) is 6.20. The molecule has 4 nitrogen and oxygen atoms in total. The Kier molecular flexibility index (Phi) is 6.22. The molecule has 1 saturated heterocycles. The summed E-state index contributed by atoms with van der Waals surface area (Å²) in [5.41, 5.74) is 1.95. The Morgan fingerprint density at radius 2 is 1.88 bits per heavy atom. The minimum absolute atomic E-state index is 0.144. The van der Waals surface area contributed by atoms with Crippen LogP contribution in [0.25, 0.3) is 0 Å². The number of nitrogens with one attached hydrogen (secondary N) is 1. The summed E-state index contributed by atoms with van der Waals surface area (Å²) in [6.07, 6.45) is 3.33. The summed E-state index contributed by atoms with van der Waals surface area (Å²) in [7, 11) is 0. The molecule has 2 amide bonds. The van der Waals surface area contributed by atoms with E-state index >= 15 is 0 Å². The molecule has 1 atom stereocenters. The van der Waals surface area contributed by atoms with Crippen LogP contribution in [-0.2, 0) is 16.0 Å². The molecule has 3 rings (SSSR count). The summed E-state index contributed by atoms with van der Waals surface area (Å²) in [4.78, 5) is 27.8. The van der Waals surface area contributed by atoms with E-state index in [2.05, 4.69) is 29.6 Å². The minimum atomic E-state index is -0.607. The number of hydrogen-bond acceptors (Lipinski definition) is 3. The average Bonchev–Trinajstić information content (AvgIpc) is 3.04. The molecule has 1 aliphatic heterocycles. The van der Waals surface area contributed by atoms with Gasteiger partial charge in [-0.15, -0.1) is 11.8 Å². The van der Waals surface area contributed by atoms with E-state index < -0.39 is 5.92 Å². The van der Waals surface area contributed by atoms with Gasteiger partial charge in [-0.05, 0) is 61.1 Å². The molecule has 2 aromatic rings. The number of thioether (sulfide) groups is 1. The third-order valence-electron chi connectivity index (χ3n) is 4.53. The summed E-state index contributed by atoms with van der Waals surface area (Å²) < 4.78 is 0. The fourth-order valence-corrected chi connectivity index (χ4v) is 3.58. The van der Waals surface area contributed by atoms with Crippen LogP contribution in [0, 0.1) is 5.92 Å². The number of hydrogen-bond donors (Lipinski definition) is 1. The summed E-state index contributed by atoms with van der Waals surface area (Å²) in [5.74, 6) is -0.939. The maximum Gasteiger partial charge on any atom is 0.239 e. The molecule has 0 aliphatic carbocycles. The lowest BCUT2D eigenvalue weighted by molar-refractivity contribution is -0.132. The minimum Gasteiger partial charge on any atom is -0.355 e. The number of benzene rings is 2. The van der Waals surface area contributed by atoms with Gasteiger partial charge in [-0.3, -0.25) is 9.59 Å². The molecule has 0 radical (unpaired) electrons. The molecule has 26 heavy (non-hydrogen) atoms. The van der Waals surface area contributed by atoms with Crippen molar-refractivity contribution in [1.82, 2.24) is 5.32 Å². The summed E-state index contributed by atoms with van der Waals surface area (Å²) in [5, 5.41) is 3.53. The van der Waals surface area contributed by atoms with Crippen LogP contribution in [-0.4, -0.2) is 31.2 Å². The second-order valence-corrected chi connectivity index (χ2v) is 7.51. The zero-order valence-electron chi connectivity index (χ0n) is 14.6. The quantitative estimate of drug-likeness (QED) is 0.605. The Morgan fingerprint density at radius 1 is 1.19 bits per heavy atom. The van der Waals surface area contributed by atoms with Crippen molar-refractivity contribution in [3.05, 3.63) is 59.1 Å². The molecule has 1 fully saturated rings. The monoisotopic (exact) mass is 388 g/mol. The van der Waals surface area contributed by atoms with Gasteiger partial charge in [0.05, 0.1) is 0 Å². The van der Waals surface area contributed by atoms with E-state index in [1.54, 1.807) is 40.9 Å². The molecular weight excluding hydrogens is 368 g/mol. The normalized spacial score (nSPS) is 16.8. The van der Waals surface area contributed by atoms with Crippen LogP contribution in [0.3, 0.4) is 0 Å². The van der Waals surface area contributed by atoms with Crippen molar-refractivity contribution >= 4 is 40.9 Å². The molecule has 1 aliphatic rings. The first-order chi connectivity index (χ1) is 12.6. The highest BCUT2D eigenvalue weighted by Crippen LogP contribution is 2.26. The topological polar surface area (TPSA) is 49.4 Å². The van der Waals surface area contributed by atoms with Crippen LogP contribution in [0.5, 0.6) is 0 Å². The Morgan fingerprint density at radius 3 is 2.54 bits per heavy atom. The fraction of sp³-hybridized carbons (Fsp3) is 0.300. The Balaban J connectivity index is 1.51. The standard InChI is InChI=1S/C20H21ClN2O2S/c1-26-17-8-2-14(3-9-17)10-12-22-19(24)18-11-13-23(20(18)25)16-6-4-15(21)5-7-16/h2-9,18H,10-13H2,1H3,(H,22,24)/t18-/m0/s1. The van der Waals surface area contributed by atoms with E-state index in [4.69, 9.17) is 11.6 Å². The van der Waals surface area contributed by atoms with Crippen molar-refractivity contribution in [2.45, 2.75) is 17.7 Å². The van der Waals surface area contributed by atoms with Gasteiger partial charge in [0.15, 0.2) is 0 Å². The van der Waals surface area contributed by atoms with Crippen LogP contribution in [0.15, 0.2) is 53.4 Å². The van der Waals surface area contributed by atoms with E-state index in [1.165, 1.54) is 10.5 Å². The SMILES string of the molecule is CSc1ccc(CCNC(=O)[C@@H]2CCN(c3ccc(Cl)cc3)C2=O)cc1. The zero-order valence-corrected chi connectivity index (χ0v) is 16.1.